The second-order valence-corrected chi connectivity index (χ2v) is 6.37. The van der Waals surface area contributed by atoms with Gasteiger partial charge in [-0.15, -0.1) is 0 Å². The number of nitrogens with zero attached hydrogens (tertiary/aromatic N) is 2. The number of carbonyl (C=O) groups excluding carboxylic acids is 2. The molecule has 144 valence electrons. The Morgan fingerprint density at radius 1 is 1.11 bits per heavy atom. The molecular weight excluding hydrogens is 348 g/mol. The van der Waals surface area contributed by atoms with Crippen LogP contribution >= 0.6 is 0 Å². The quantitative estimate of drug-likeness (QED) is 0.647. The van der Waals surface area contributed by atoms with Crippen molar-refractivity contribution >= 4 is 23.5 Å². The number of anilines is 1. The molecule has 8 nitrogen and oxygen atoms in total. The number of rotatable bonds is 8. The number of benzene rings is 1. The number of hydrogen-bond donors (Lipinski definition) is 3. The van der Waals surface area contributed by atoms with Crippen LogP contribution in [0.4, 0.5) is 5.69 Å². The number of aromatic nitrogens is 2. The number of carbonyl (C=O) groups is 3. The summed E-state index contributed by atoms with van der Waals surface area (Å²) in [6, 6.07) is 6.90. The molecule has 0 unspecified atom stereocenters. The summed E-state index contributed by atoms with van der Waals surface area (Å²) in [6.07, 6.45) is 1.06. The molecule has 2 aromatic rings. The third-order valence-corrected chi connectivity index (χ3v) is 4.30. The molecule has 0 bridgehead atoms. The monoisotopic (exact) mass is 372 g/mol. The standard InChI is InChI=1S/C19H24N4O4/c1-12-16(13(2)23(3)22-12)8-9-17(24)21-15-6-4-14(5-7-15)10-18(25)20-11-19(26)27/h4-7H,8-11H2,1-3H3,(H,20,25)(H,21,24)(H,26,27). The fourth-order valence-electron chi connectivity index (χ4n) is 2.77. The Kier molecular flexibility index (Phi) is 6.70. The fraction of sp³-hybridized carbons (Fsp3) is 0.368. The van der Waals surface area contributed by atoms with E-state index in [0.29, 0.717) is 18.5 Å². The van der Waals surface area contributed by atoms with Crippen molar-refractivity contribution in [3.05, 3.63) is 46.8 Å². The lowest BCUT2D eigenvalue weighted by Gasteiger charge is -2.07. The van der Waals surface area contributed by atoms with Crippen LogP contribution in [0.25, 0.3) is 0 Å². The van der Waals surface area contributed by atoms with E-state index in [-0.39, 0.29) is 18.2 Å². The Labute approximate surface area is 157 Å². The highest BCUT2D eigenvalue weighted by Crippen LogP contribution is 2.15. The van der Waals surface area contributed by atoms with Gasteiger partial charge in [0.2, 0.25) is 11.8 Å². The minimum atomic E-state index is -1.09. The molecule has 27 heavy (non-hydrogen) atoms. The fourth-order valence-corrected chi connectivity index (χ4v) is 2.77. The lowest BCUT2D eigenvalue weighted by Crippen LogP contribution is -2.30. The number of amides is 2. The van der Waals surface area contributed by atoms with Crippen molar-refractivity contribution in [3.8, 4) is 0 Å². The zero-order valence-electron chi connectivity index (χ0n) is 15.7. The molecule has 0 aliphatic rings. The molecule has 2 amide bonds. The Bertz CT molecular complexity index is 840. The van der Waals surface area contributed by atoms with Crippen molar-refractivity contribution in [1.29, 1.82) is 0 Å². The maximum atomic E-state index is 12.2. The van der Waals surface area contributed by atoms with Crippen LogP contribution in [0, 0.1) is 13.8 Å². The minimum Gasteiger partial charge on any atom is -0.480 e. The van der Waals surface area contributed by atoms with E-state index >= 15 is 0 Å². The van der Waals surface area contributed by atoms with Crippen molar-refractivity contribution < 1.29 is 19.5 Å². The molecule has 0 saturated carbocycles. The summed E-state index contributed by atoms with van der Waals surface area (Å²) >= 11 is 0. The van der Waals surface area contributed by atoms with Gasteiger partial charge in [0.05, 0.1) is 12.1 Å². The van der Waals surface area contributed by atoms with Crippen LogP contribution < -0.4 is 10.6 Å². The van der Waals surface area contributed by atoms with E-state index in [2.05, 4.69) is 15.7 Å². The molecular formula is C19H24N4O4. The number of nitrogens with one attached hydrogen (secondary N) is 2. The predicted molar refractivity (Wildman–Crippen MR) is 100 cm³/mol. The third kappa shape index (κ3) is 5.95. The van der Waals surface area contributed by atoms with Gasteiger partial charge in [-0.2, -0.15) is 5.10 Å². The number of aryl methyl sites for hydroxylation is 2. The molecule has 8 heteroatoms. The summed E-state index contributed by atoms with van der Waals surface area (Å²) in [5, 5.41) is 18.0. The first kappa shape index (κ1) is 20.2. The number of carboxylic acid groups (broad SMARTS) is 1. The zero-order chi connectivity index (χ0) is 20.0. The number of aliphatic carboxylic acids is 1. The maximum Gasteiger partial charge on any atom is 0.322 e. The van der Waals surface area contributed by atoms with Crippen LogP contribution in [0.2, 0.25) is 0 Å². The average Bonchev–Trinajstić information content (AvgIpc) is 2.85. The van der Waals surface area contributed by atoms with E-state index in [1.54, 1.807) is 24.3 Å². The molecule has 0 radical (unpaired) electrons. The van der Waals surface area contributed by atoms with Crippen molar-refractivity contribution in [2.75, 3.05) is 11.9 Å². The SMILES string of the molecule is Cc1nn(C)c(C)c1CCC(=O)Nc1ccc(CC(=O)NCC(=O)O)cc1. The van der Waals surface area contributed by atoms with Gasteiger partial charge in [0, 0.05) is 24.8 Å². The van der Waals surface area contributed by atoms with Gasteiger partial charge in [0.1, 0.15) is 6.54 Å². The molecule has 1 heterocycles. The zero-order valence-corrected chi connectivity index (χ0v) is 15.7. The van der Waals surface area contributed by atoms with E-state index in [0.717, 1.165) is 22.5 Å². The van der Waals surface area contributed by atoms with E-state index in [4.69, 9.17) is 5.11 Å². The predicted octanol–water partition coefficient (Wildman–Crippen LogP) is 1.35. The topological polar surface area (TPSA) is 113 Å². The molecule has 2 rings (SSSR count). The van der Waals surface area contributed by atoms with E-state index in [9.17, 15) is 14.4 Å². The van der Waals surface area contributed by atoms with E-state index in [1.807, 2.05) is 25.6 Å². The number of carboxylic acids is 1. The lowest BCUT2D eigenvalue weighted by molar-refractivity contribution is -0.137. The Morgan fingerprint density at radius 3 is 2.33 bits per heavy atom. The van der Waals surface area contributed by atoms with E-state index < -0.39 is 12.5 Å². The second kappa shape index (κ2) is 8.98. The van der Waals surface area contributed by atoms with Crippen LogP contribution in [-0.2, 0) is 34.3 Å². The molecule has 3 N–H and O–H groups in total. The molecule has 0 saturated heterocycles. The van der Waals surface area contributed by atoms with Gasteiger partial charge in [0.25, 0.3) is 0 Å². The van der Waals surface area contributed by atoms with Gasteiger partial charge in [-0.1, -0.05) is 12.1 Å². The molecule has 0 aliphatic carbocycles. The second-order valence-electron chi connectivity index (χ2n) is 6.37. The van der Waals surface area contributed by atoms with Crippen LogP contribution in [-0.4, -0.2) is 39.2 Å². The highest BCUT2D eigenvalue weighted by atomic mass is 16.4. The largest absolute Gasteiger partial charge is 0.480 e. The molecule has 0 fully saturated rings. The van der Waals surface area contributed by atoms with Gasteiger partial charge in [-0.05, 0) is 43.5 Å². The summed E-state index contributed by atoms with van der Waals surface area (Å²) in [5.74, 6) is -1.54. The first-order chi connectivity index (χ1) is 12.8. The normalized spacial score (nSPS) is 10.5. The van der Waals surface area contributed by atoms with Crippen LogP contribution in [0.5, 0.6) is 0 Å². The maximum absolute atomic E-state index is 12.2. The van der Waals surface area contributed by atoms with Crippen molar-refractivity contribution in [2.45, 2.75) is 33.1 Å². The smallest absolute Gasteiger partial charge is 0.322 e. The van der Waals surface area contributed by atoms with Crippen LogP contribution in [0.15, 0.2) is 24.3 Å². The van der Waals surface area contributed by atoms with Crippen molar-refractivity contribution in [1.82, 2.24) is 15.1 Å². The molecule has 0 spiro atoms. The summed E-state index contributed by atoms with van der Waals surface area (Å²) in [6.45, 7) is 3.52. The van der Waals surface area contributed by atoms with Gasteiger partial charge in [0.15, 0.2) is 0 Å². The lowest BCUT2D eigenvalue weighted by atomic mass is 10.1. The first-order valence-electron chi connectivity index (χ1n) is 8.62. The summed E-state index contributed by atoms with van der Waals surface area (Å²) in [5.41, 5.74) is 4.47. The molecule has 1 aromatic carbocycles. The first-order valence-corrected chi connectivity index (χ1v) is 8.62. The highest BCUT2D eigenvalue weighted by Gasteiger charge is 2.12. The molecule has 1 aromatic heterocycles. The summed E-state index contributed by atoms with van der Waals surface area (Å²) in [7, 11) is 1.88. The Morgan fingerprint density at radius 2 is 1.78 bits per heavy atom. The third-order valence-electron chi connectivity index (χ3n) is 4.30. The minimum absolute atomic E-state index is 0.0844. The molecule has 0 atom stereocenters. The van der Waals surface area contributed by atoms with Gasteiger partial charge >= 0.3 is 5.97 Å². The van der Waals surface area contributed by atoms with Gasteiger partial charge in [-0.3, -0.25) is 19.1 Å². The summed E-state index contributed by atoms with van der Waals surface area (Å²) in [4.78, 5) is 34.2. The van der Waals surface area contributed by atoms with Gasteiger partial charge < -0.3 is 15.7 Å². The Hall–Kier alpha value is -3.16. The molecule has 0 aliphatic heterocycles. The highest BCUT2D eigenvalue weighted by molar-refractivity contribution is 5.91. The van der Waals surface area contributed by atoms with Crippen molar-refractivity contribution in [2.24, 2.45) is 7.05 Å². The van der Waals surface area contributed by atoms with Crippen LogP contribution in [0.1, 0.15) is 28.9 Å². The van der Waals surface area contributed by atoms with E-state index in [1.165, 1.54) is 0 Å². The van der Waals surface area contributed by atoms with Crippen LogP contribution in [0.3, 0.4) is 0 Å². The summed E-state index contributed by atoms with van der Waals surface area (Å²) < 4.78 is 1.81. The van der Waals surface area contributed by atoms with Gasteiger partial charge in [-0.25, -0.2) is 0 Å². The Balaban J connectivity index is 1.84. The average molecular weight is 372 g/mol. The number of hydrogen-bond acceptors (Lipinski definition) is 4. The van der Waals surface area contributed by atoms with Crippen molar-refractivity contribution in [3.63, 3.8) is 0 Å².